The molecule has 88 valence electrons. The van der Waals surface area contributed by atoms with E-state index in [1.165, 1.54) is 0 Å². The fourth-order valence-corrected chi connectivity index (χ4v) is 1.96. The van der Waals surface area contributed by atoms with Gasteiger partial charge in [0, 0.05) is 24.7 Å². The molecule has 1 atom stereocenters. The maximum Gasteiger partial charge on any atom is 0.0850 e. The molecule has 2 heteroatoms. The minimum atomic E-state index is -0.471. The lowest BCUT2D eigenvalue weighted by atomic mass is 10.00. The summed E-state index contributed by atoms with van der Waals surface area (Å²) in [6.45, 7) is 0. The first kappa shape index (κ1) is 11.7. The Balaban J connectivity index is 2.17. The Bertz CT molecular complexity index is 467. The number of hydrogen-bond donors (Lipinski definition) is 2. The minimum Gasteiger partial charge on any atom is -0.388 e. The van der Waals surface area contributed by atoms with Crippen LogP contribution >= 0.6 is 0 Å². The highest BCUT2D eigenvalue weighted by Gasteiger charge is 2.11. The molecular weight excluding hydrogens is 210 g/mol. The number of anilines is 1. The molecular formula is C15H17NO. The number of hydrogen-bond acceptors (Lipinski definition) is 2. The Morgan fingerprint density at radius 2 is 1.65 bits per heavy atom. The summed E-state index contributed by atoms with van der Waals surface area (Å²) in [4.78, 5) is 0. The van der Waals surface area contributed by atoms with Gasteiger partial charge in [0.15, 0.2) is 0 Å². The zero-order valence-electron chi connectivity index (χ0n) is 9.93. The predicted octanol–water partition coefficient (Wildman–Crippen LogP) is 3.00. The highest BCUT2D eigenvalue weighted by atomic mass is 16.3. The SMILES string of the molecule is CNc1ccccc1C(O)Cc1ccccc1. The molecule has 0 heterocycles. The average molecular weight is 227 g/mol. The van der Waals surface area contributed by atoms with E-state index in [-0.39, 0.29) is 0 Å². The summed E-state index contributed by atoms with van der Waals surface area (Å²) in [6.07, 6.45) is 0.167. The van der Waals surface area contributed by atoms with Crippen molar-refractivity contribution in [2.45, 2.75) is 12.5 Å². The molecule has 0 aliphatic heterocycles. The molecule has 0 saturated carbocycles. The van der Waals surface area contributed by atoms with Gasteiger partial charge in [0.1, 0.15) is 0 Å². The lowest BCUT2D eigenvalue weighted by Gasteiger charge is -2.15. The molecule has 0 aliphatic rings. The van der Waals surface area contributed by atoms with Gasteiger partial charge in [-0.1, -0.05) is 48.5 Å². The molecule has 2 aromatic rings. The van der Waals surface area contributed by atoms with Crippen molar-refractivity contribution in [2.75, 3.05) is 12.4 Å². The quantitative estimate of drug-likeness (QED) is 0.841. The van der Waals surface area contributed by atoms with E-state index in [1.807, 2.05) is 61.6 Å². The van der Waals surface area contributed by atoms with Crippen LogP contribution < -0.4 is 5.32 Å². The summed E-state index contributed by atoms with van der Waals surface area (Å²) in [6, 6.07) is 17.9. The molecule has 0 radical (unpaired) electrons. The Hall–Kier alpha value is -1.80. The number of benzene rings is 2. The maximum absolute atomic E-state index is 10.2. The van der Waals surface area contributed by atoms with Crippen LogP contribution in [0, 0.1) is 0 Å². The van der Waals surface area contributed by atoms with Gasteiger partial charge in [-0.05, 0) is 11.6 Å². The van der Waals surface area contributed by atoms with Crippen molar-refractivity contribution in [1.29, 1.82) is 0 Å². The van der Waals surface area contributed by atoms with Gasteiger partial charge < -0.3 is 10.4 Å². The van der Waals surface area contributed by atoms with Crippen LogP contribution in [0.4, 0.5) is 5.69 Å². The zero-order valence-corrected chi connectivity index (χ0v) is 9.93. The molecule has 2 aromatic carbocycles. The molecule has 0 spiro atoms. The third-order valence-electron chi connectivity index (χ3n) is 2.86. The van der Waals surface area contributed by atoms with E-state index in [9.17, 15) is 5.11 Å². The van der Waals surface area contributed by atoms with Gasteiger partial charge in [0.25, 0.3) is 0 Å². The molecule has 0 fully saturated rings. The van der Waals surface area contributed by atoms with Crippen LogP contribution in [0.2, 0.25) is 0 Å². The van der Waals surface area contributed by atoms with Crippen molar-refractivity contribution in [2.24, 2.45) is 0 Å². The summed E-state index contributed by atoms with van der Waals surface area (Å²) < 4.78 is 0. The van der Waals surface area contributed by atoms with Gasteiger partial charge in [-0.2, -0.15) is 0 Å². The monoisotopic (exact) mass is 227 g/mol. The van der Waals surface area contributed by atoms with Crippen molar-refractivity contribution < 1.29 is 5.11 Å². The number of para-hydroxylation sites is 1. The van der Waals surface area contributed by atoms with Crippen LogP contribution in [0.5, 0.6) is 0 Å². The second-order valence-electron chi connectivity index (χ2n) is 4.04. The Labute approximate surface area is 102 Å². The van der Waals surface area contributed by atoms with E-state index >= 15 is 0 Å². The first-order chi connectivity index (χ1) is 8.31. The zero-order chi connectivity index (χ0) is 12.1. The van der Waals surface area contributed by atoms with Crippen LogP contribution in [0.1, 0.15) is 17.2 Å². The molecule has 17 heavy (non-hydrogen) atoms. The lowest BCUT2D eigenvalue weighted by Crippen LogP contribution is -2.05. The number of rotatable bonds is 4. The normalized spacial score (nSPS) is 12.1. The highest BCUT2D eigenvalue weighted by Crippen LogP contribution is 2.25. The first-order valence-corrected chi connectivity index (χ1v) is 5.80. The highest BCUT2D eigenvalue weighted by molar-refractivity contribution is 5.51. The Morgan fingerprint density at radius 1 is 1.00 bits per heavy atom. The molecule has 0 aromatic heterocycles. The van der Waals surface area contributed by atoms with Gasteiger partial charge in [0.2, 0.25) is 0 Å². The summed E-state index contributed by atoms with van der Waals surface area (Å²) >= 11 is 0. The van der Waals surface area contributed by atoms with E-state index < -0.39 is 6.10 Å². The van der Waals surface area contributed by atoms with Crippen molar-refractivity contribution >= 4 is 5.69 Å². The first-order valence-electron chi connectivity index (χ1n) is 5.80. The smallest absolute Gasteiger partial charge is 0.0850 e. The lowest BCUT2D eigenvalue weighted by molar-refractivity contribution is 0.179. The second kappa shape index (κ2) is 5.51. The molecule has 0 saturated heterocycles. The van der Waals surface area contributed by atoms with Crippen molar-refractivity contribution in [3.05, 3.63) is 65.7 Å². The maximum atomic E-state index is 10.2. The molecule has 2 N–H and O–H groups in total. The van der Waals surface area contributed by atoms with Crippen LogP contribution in [-0.4, -0.2) is 12.2 Å². The second-order valence-corrected chi connectivity index (χ2v) is 4.04. The average Bonchev–Trinajstić information content (AvgIpc) is 2.40. The number of aliphatic hydroxyl groups is 1. The van der Waals surface area contributed by atoms with Crippen LogP contribution in [0.25, 0.3) is 0 Å². The molecule has 2 rings (SSSR count). The Kier molecular flexibility index (Phi) is 3.78. The Morgan fingerprint density at radius 3 is 2.35 bits per heavy atom. The molecule has 0 aliphatic carbocycles. The molecule has 2 nitrogen and oxygen atoms in total. The van der Waals surface area contributed by atoms with Crippen molar-refractivity contribution in [3.63, 3.8) is 0 Å². The van der Waals surface area contributed by atoms with Crippen molar-refractivity contribution in [1.82, 2.24) is 0 Å². The number of nitrogens with one attached hydrogen (secondary N) is 1. The van der Waals surface area contributed by atoms with E-state index in [0.717, 1.165) is 16.8 Å². The van der Waals surface area contributed by atoms with Gasteiger partial charge in [0.05, 0.1) is 6.10 Å². The number of aliphatic hydroxyl groups excluding tert-OH is 1. The van der Waals surface area contributed by atoms with E-state index in [1.54, 1.807) is 0 Å². The third-order valence-corrected chi connectivity index (χ3v) is 2.86. The topological polar surface area (TPSA) is 32.3 Å². The standard InChI is InChI=1S/C15H17NO/c1-16-14-10-6-5-9-13(14)15(17)11-12-7-3-2-4-8-12/h2-10,15-17H,11H2,1H3. The summed E-state index contributed by atoms with van der Waals surface area (Å²) in [5.74, 6) is 0. The molecule has 1 unspecified atom stereocenters. The van der Waals surface area contributed by atoms with E-state index in [2.05, 4.69) is 5.32 Å². The van der Waals surface area contributed by atoms with E-state index in [0.29, 0.717) is 6.42 Å². The molecule has 0 bridgehead atoms. The summed E-state index contributed by atoms with van der Waals surface area (Å²) in [5, 5.41) is 13.3. The van der Waals surface area contributed by atoms with Crippen LogP contribution in [0.15, 0.2) is 54.6 Å². The van der Waals surface area contributed by atoms with E-state index in [4.69, 9.17) is 0 Å². The third kappa shape index (κ3) is 2.86. The minimum absolute atomic E-state index is 0.471. The fourth-order valence-electron chi connectivity index (χ4n) is 1.96. The summed E-state index contributed by atoms with van der Waals surface area (Å²) in [7, 11) is 1.87. The van der Waals surface area contributed by atoms with Gasteiger partial charge in [-0.15, -0.1) is 0 Å². The van der Waals surface area contributed by atoms with Gasteiger partial charge >= 0.3 is 0 Å². The van der Waals surface area contributed by atoms with Gasteiger partial charge in [-0.3, -0.25) is 0 Å². The largest absolute Gasteiger partial charge is 0.388 e. The molecule has 0 amide bonds. The summed E-state index contributed by atoms with van der Waals surface area (Å²) in [5.41, 5.74) is 3.07. The van der Waals surface area contributed by atoms with Crippen molar-refractivity contribution in [3.8, 4) is 0 Å². The fraction of sp³-hybridized carbons (Fsp3) is 0.200. The van der Waals surface area contributed by atoms with Crippen LogP contribution in [0.3, 0.4) is 0 Å². The predicted molar refractivity (Wildman–Crippen MR) is 71.1 cm³/mol. The van der Waals surface area contributed by atoms with Gasteiger partial charge in [-0.25, -0.2) is 0 Å². The van der Waals surface area contributed by atoms with Crippen LogP contribution in [-0.2, 0) is 6.42 Å².